The van der Waals surface area contributed by atoms with E-state index in [-0.39, 0.29) is 10.8 Å². The van der Waals surface area contributed by atoms with Gasteiger partial charge in [-0.15, -0.1) is 0 Å². The van der Waals surface area contributed by atoms with Crippen molar-refractivity contribution in [2.45, 2.75) is 38.5 Å². The van der Waals surface area contributed by atoms with Gasteiger partial charge in [0, 0.05) is 19.8 Å². The summed E-state index contributed by atoms with van der Waals surface area (Å²) in [6.07, 6.45) is 0. The Hall–Kier alpha value is -1.90. The Kier molecular flexibility index (Phi) is 3.68. The van der Waals surface area contributed by atoms with E-state index >= 15 is 0 Å². The van der Waals surface area contributed by atoms with Crippen molar-refractivity contribution in [3.05, 3.63) is 91.9 Å². The molecular weight excluding hydrogens is 496 g/mol. The molecule has 0 spiro atoms. The smallest absolute Gasteiger partial charge is 0.0178 e. The van der Waals surface area contributed by atoms with Gasteiger partial charge >= 0.3 is 0 Å². The van der Waals surface area contributed by atoms with E-state index in [0.29, 0.717) is 0 Å². The number of rotatable bonds is 0. The molecule has 0 nitrogen and oxygen atoms in total. The third-order valence-electron chi connectivity index (χ3n) is 7.40. The van der Waals surface area contributed by atoms with Crippen molar-refractivity contribution in [3.8, 4) is 22.3 Å². The first-order valence-corrected chi connectivity index (χ1v) is 12.0. The molecule has 0 heterocycles. The molecule has 30 heavy (non-hydrogen) atoms. The maximum atomic E-state index is 3.70. The summed E-state index contributed by atoms with van der Waals surface area (Å²) in [4.78, 5) is 0. The molecule has 2 aliphatic rings. The molecule has 148 valence electrons. The van der Waals surface area contributed by atoms with Crippen molar-refractivity contribution in [1.29, 1.82) is 0 Å². The highest BCUT2D eigenvalue weighted by Crippen LogP contribution is 2.56. The average molecular weight is 518 g/mol. The van der Waals surface area contributed by atoms with Gasteiger partial charge in [-0.2, -0.15) is 0 Å². The molecule has 4 aromatic carbocycles. The molecule has 0 atom stereocenters. The molecule has 6 rings (SSSR count). The van der Waals surface area contributed by atoms with Gasteiger partial charge in [-0.05, 0) is 79.5 Å². The summed E-state index contributed by atoms with van der Waals surface area (Å²) in [6, 6.07) is 23.0. The maximum absolute atomic E-state index is 3.70. The Bertz CT molecular complexity index is 1300. The second kappa shape index (κ2) is 5.87. The fraction of sp³-hybridized carbons (Fsp3) is 0.214. The lowest BCUT2D eigenvalue weighted by Gasteiger charge is -2.40. The molecule has 0 radical (unpaired) electrons. The highest BCUT2D eigenvalue weighted by atomic mass is 79.9. The predicted octanol–water partition coefficient (Wildman–Crippen LogP) is 8.98. The Labute approximate surface area is 194 Å². The quantitative estimate of drug-likeness (QED) is 0.218. The van der Waals surface area contributed by atoms with E-state index in [0.717, 1.165) is 8.95 Å². The average Bonchev–Trinajstić information content (AvgIpc) is 2.71. The molecule has 0 N–H and O–H groups in total. The fourth-order valence-corrected chi connectivity index (χ4v) is 6.54. The van der Waals surface area contributed by atoms with Crippen molar-refractivity contribution in [1.82, 2.24) is 0 Å². The molecule has 0 aromatic heterocycles. The van der Waals surface area contributed by atoms with Gasteiger partial charge < -0.3 is 0 Å². The van der Waals surface area contributed by atoms with E-state index in [9.17, 15) is 0 Å². The van der Waals surface area contributed by atoms with Crippen LogP contribution < -0.4 is 0 Å². The summed E-state index contributed by atoms with van der Waals surface area (Å²) in [7, 11) is 0. The molecule has 4 aromatic rings. The van der Waals surface area contributed by atoms with Crippen LogP contribution >= 0.6 is 31.9 Å². The molecule has 2 aliphatic carbocycles. The van der Waals surface area contributed by atoms with Crippen molar-refractivity contribution in [2.24, 2.45) is 0 Å². The van der Waals surface area contributed by atoms with Crippen LogP contribution in [0.5, 0.6) is 0 Å². The number of hydrogen-bond acceptors (Lipinski definition) is 0. The van der Waals surface area contributed by atoms with Crippen LogP contribution in [0.3, 0.4) is 0 Å². The lowest BCUT2D eigenvalue weighted by atomic mass is 9.63. The topological polar surface area (TPSA) is 0 Å². The van der Waals surface area contributed by atoms with Crippen LogP contribution in [0.4, 0.5) is 0 Å². The summed E-state index contributed by atoms with van der Waals surface area (Å²) in [5, 5.41) is 2.87. The summed E-state index contributed by atoms with van der Waals surface area (Å²) < 4.78 is 2.29. The number of hydrogen-bond donors (Lipinski definition) is 0. The zero-order valence-corrected chi connectivity index (χ0v) is 20.7. The molecule has 0 amide bonds. The van der Waals surface area contributed by atoms with E-state index in [4.69, 9.17) is 0 Å². The third-order valence-corrected chi connectivity index (χ3v) is 8.38. The Balaban J connectivity index is 1.83. The van der Waals surface area contributed by atoms with Crippen LogP contribution in [-0.2, 0) is 10.8 Å². The molecule has 2 heteroatoms. The zero-order valence-electron chi connectivity index (χ0n) is 17.5. The van der Waals surface area contributed by atoms with E-state index in [1.807, 2.05) is 0 Å². The van der Waals surface area contributed by atoms with Gasteiger partial charge in [0.05, 0.1) is 0 Å². The minimum absolute atomic E-state index is 0.0482. The second-order valence-corrected chi connectivity index (χ2v) is 11.5. The number of fused-ring (bicyclic) bond motifs is 4. The summed E-state index contributed by atoms with van der Waals surface area (Å²) >= 11 is 7.39. The van der Waals surface area contributed by atoms with Crippen LogP contribution in [0.1, 0.15) is 49.9 Å². The standard InChI is InChI=1S/C28H22Br2/c1-27(2)21-11-12-22-26-20(18-8-6-16(30)14-24(18)28(22,3)4)10-9-19(25(21)26)17-7-5-15(29)13-23(17)27/h5-14H,1-4H3. The van der Waals surface area contributed by atoms with Crippen molar-refractivity contribution in [2.75, 3.05) is 0 Å². The van der Waals surface area contributed by atoms with Gasteiger partial charge in [-0.3, -0.25) is 0 Å². The Morgan fingerprint density at radius 3 is 1.23 bits per heavy atom. The normalized spacial score (nSPS) is 16.9. The minimum Gasteiger partial charge on any atom is -0.0572 e. The molecular formula is C28H22Br2. The first kappa shape index (κ1) is 18.8. The van der Waals surface area contributed by atoms with E-state index in [1.54, 1.807) is 0 Å². The highest BCUT2D eigenvalue weighted by molar-refractivity contribution is 9.10. The van der Waals surface area contributed by atoms with Crippen LogP contribution in [0, 0.1) is 0 Å². The van der Waals surface area contributed by atoms with Gasteiger partial charge in [0.15, 0.2) is 0 Å². The minimum atomic E-state index is -0.0482. The molecule has 0 fully saturated rings. The number of halogens is 2. The van der Waals surface area contributed by atoms with Crippen LogP contribution in [0.15, 0.2) is 69.6 Å². The maximum Gasteiger partial charge on any atom is 0.0178 e. The van der Waals surface area contributed by atoms with E-state index < -0.39 is 0 Å². The highest BCUT2D eigenvalue weighted by Gasteiger charge is 2.39. The third kappa shape index (κ3) is 2.22. The lowest BCUT2D eigenvalue weighted by molar-refractivity contribution is 0.632. The van der Waals surface area contributed by atoms with Gasteiger partial charge in [0.2, 0.25) is 0 Å². The number of benzene rings is 4. The SMILES string of the molecule is CC1(C)c2cc(Br)ccc2-c2ccc3c4c(ccc1c24)C(C)(C)c1cc(Br)ccc1-3. The van der Waals surface area contributed by atoms with Crippen molar-refractivity contribution >= 4 is 42.6 Å². The van der Waals surface area contributed by atoms with Gasteiger partial charge in [-0.1, -0.05) is 96.0 Å². The molecule has 0 aliphatic heterocycles. The monoisotopic (exact) mass is 516 g/mol. The first-order valence-electron chi connectivity index (χ1n) is 10.4. The zero-order chi connectivity index (χ0) is 21.0. The fourth-order valence-electron chi connectivity index (χ4n) is 5.81. The molecule has 0 saturated heterocycles. The van der Waals surface area contributed by atoms with Crippen molar-refractivity contribution < 1.29 is 0 Å². The largest absolute Gasteiger partial charge is 0.0572 e. The van der Waals surface area contributed by atoms with Crippen molar-refractivity contribution in [3.63, 3.8) is 0 Å². The van der Waals surface area contributed by atoms with Crippen LogP contribution in [0.25, 0.3) is 33.0 Å². The van der Waals surface area contributed by atoms with E-state index in [2.05, 4.69) is 120 Å². The van der Waals surface area contributed by atoms with Crippen LogP contribution in [-0.4, -0.2) is 0 Å². The summed E-state index contributed by atoms with van der Waals surface area (Å²) in [5.74, 6) is 0. The van der Waals surface area contributed by atoms with Gasteiger partial charge in [0.25, 0.3) is 0 Å². The Morgan fingerprint density at radius 1 is 0.467 bits per heavy atom. The van der Waals surface area contributed by atoms with Gasteiger partial charge in [-0.25, -0.2) is 0 Å². The molecule has 0 bridgehead atoms. The molecule has 0 saturated carbocycles. The summed E-state index contributed by atoms with van der Waals surface area (Å²) in [5.41, 5.74) is 11.0. The summed E-state index contributed by atoms with van der Waals surface area (Å²) in [6.45, 7) is 9.46. The molecule has 0 unspecified atom stereocenters. The first-order chi connectivity index (χ1) is 14.2. The Morgan fingerprint density at radius 2 is 0.833 bits per heavy atom. The lowest BCUT2D eigenvalue weighted by Crippen LogP contribution is -2.27. The van der Waals surface area contributed by atoms with E-state index in [1.165, 1.54) is 55.3 Å². The van der Waals surface area contributed by atoms with Crippen LogP contribution in [0.2, 0.25) is 0 Å². The van der Waals surface area contributed by atoms with Gasteiger partial charge in [0.1, 0.15) is 0 Å². The second-order valence-electron chi connectivity index (χ2n) is 9.70. The predicted molar refractivity (Wildman–Crippen MR) is 134 cm³/mol.